The molecule has 1 fully saturated rings. The molecule has 0 aliphatic carbocycles. The second-order valence-electron chi connectivity index (χ2n) is 9.19. The maximum Gasteiger partial charge on any atom is 0.245 e. The Bertz CT molecular complexity index is 1010. The van der Waals surface area contributed by atoms with Crippen LogP contribution in [0, 0.1) is 17.6 Å². The normalized spacial score (nSPS) is 22.4. The molecule has 1 saturated heterocycles. The van der Waals surface area contributed by atoms with E-state index < -0.39 is 22.7 Å². The number of halogens is 3. The average molecular weight is 478 g/mol. The van der Waals surface area contributed by atoms with E-state index in [9.17, 15) is 13.6 Å². The lowest BCUT2D eigenvalue weighted by atomic mass is 10.1. The fraction of sp³-hybridized carbons (Fsp3) is 0.500. The summed E-state index contributed by atoms with van der Waals surface area (Å²) in [7, 11) is 0. The van der Waals surface area contributed by atoms with Gasteiger partial charge in [0, 0.05) is 37.3 Å². The van der Waals surface area contributed by atoms with Crippen molar-refractivity contribution >= 4 is 23.2 Å². The van der Waals surface area contributed by atoms with Crippen LogP contribution in [0.2, 0.25) is 5.02 Å². The summed E-state index contributed by atoms with van der Waals surface area (Å²) in [5.41, 5.74) is 3.99. The van der Waals surface area contributed by atoms with Gasteiger partial charge in [0.05, 0.1) is 5.71 Å². The Kier molecular flexibility index (Phi) is 6.77. The number of rotatable bonds is 6. The zero-order chi connectivity index (χ0) is 23.9. The van der Waals surface area contributed by atoms with E-state index in [2.05, 4.69) is 43.0 Å². The molecule has 0 bridgehead atoms. The van der Waals surface area contributed by atoms with Crippen molar-refractivity contribution in [3.63, 3.8) is 0 Å². The molecule has 2 unspecified atom stereocenters. The lowest BCUT2D eigenvalue weighted by Gasteiger charge is -2.38. The van der Waals surface area contributed by atoms with Gasteiger partial charge in [-0.2, -0.15) is 0 Å². The molecule has 2 atom stereocenters. The summed E-state index contributed by atoms with van der Waals surface area (Å²) in [6, 6.07) is 1.98. The Morgan fingerprint density at radius 3 is 2.61 bits per heavy atom. The van der Waals surface area contributed by atoms with Crippen molar-refractivity contribution in [2.75, 3.05) is 19.6 Å². The van der Waals surface area contributed by atoms with Crippen LogP contribution < -0.4 is 5.43 Å². The first-order valence-electron chi connectivity index (χ1n) is 11.5. The molecule has 1 N–H and O–H groups in total. The summed E-state index contributed by atoms with van der Waals surface area (Å²) in [6.07, 6.45) is 5.49. The van der Waals surface area contributed by atoms with Crippen molar-refractivity contribution in [2.45, 2.75) is 52.6 Å². The van der Waals surface area contributed by atoms with Crippen molar-refractivity contribution in [3.8, 4) is 0 Å². The van der Waals surface area contributed by atoms with Crippen LogP contribution in [0.15, 0.2) is 40.9 Å². The Morgan fingerprint density at radius 1 is 1.33 bits per heavy atom. The molecule has 0 saturated carbocycles. The number of nitrogens with zero attached hydrogens (tertiary/aromatic N) is 4. The van der Waals surface area contributed by atoms with Crippen LogP contribution in [0.25, 0.3) is 0 Å². The molecule has 4 rings (SSSR count). The molecular formula is C24H30ClF2N5O. The van der Waals surface area contributed by atoms with Gasteiger partial charge in [-0.15, -0.1) is 0 Å². The zero-order valence-electron chi connectivity index (χ0n) is 19.4. The predicted octanol–water partition coefficient (Wildman–Crippen LogP) is 4.28. The van der Waals surface area contributed by atoms with E-state index in [0.717, 1.165) is 38.3 Å². The van der Waals surface area contributed by atoms with Crippen molar-refractivity contribution in [1.29, 1.82) is 0 Å². The van der Waals surface area contributed by atoms with Gasteiger partial charge in [-0.25, -0.2) is 24.2 Å². The van der Waals surface area contributed by atoms with Gasteiger partial charge < -0.3 is 9.80 Å². The number of carbonyl (C=O) groups is 1. The molecule has 0 spiro atoms. The lowest BCUT2D eigenvalue weighted by Crippen LogP contribution is -2.50. The fourth-order valence-corrected chi connectivity index (χ4v) is 4.59. The van der Waals surface area contributed by atoms with E-state index >= 15 is 0 Å². The highest BCUT2D eigenvalue weighted by Gasteiger charge is 2.38. The standard InChI is InChI=1S/C24H30ClF2N5O/c1-5-7-31(14(2)3)22-12-19(16-9-17(26)23(25)18(27)10-16)28-21-11-20(29-32(21)22)24(33)30-8-6-15(4)13-30/h9-12,14-15,20,29H,5-8,13H2,1-4H3. The van der Waals surface area contributed by atoms with Crippen molar-refractivity contribution < 1.29 is 13.6 Å². The number of hydrazine groups is 1. The summed E-state index contributed by atoms with van der Waals surface area (Å²) in [5.74, 6) is 0.134. The number of fused-ring (bicyclic) bond motifs is 1. The van der Waals surface area contributed by atoms with E-state index in [0.29, 0.717) is 17.5 Å². The smallest absolute Gasteiger partial charge is 0.245 e. The minimum atomic E-state index is -0.837. The van der Waals surface area contributed by atoms with Crippen LogP contribution in [0.1, 0.15) is 46.1 Å². The van der Waals surface area contributed by atoms with E-state index in [1.165, 1.54) is 12.1 Å². The maximum absolute atomic E-state index is 14.2. The molecule has 33 heavy (non-hydrogen) atoms. The number of carbonyl (C=O) groups excluding carboxylic acids is 1. The van der Waals surface area contributed by atoms with Crippen LogP contribution >= 0.6 is 11.6 Å². The van der Waals surface area contributed by atoms with Gasteiger partial charge in [0.15, 0.2) is 0 Å². The first-order valence-corrected chi connectivity index (χ1v) is 11.9. The molecule has 1 aromatic rings. The number of nitrogens with one attached hydrogen (secondary N) is 1. The number of benzene rings is 1. The first kappa shape index (κ1) is 23.7. The third kappa shape index (κ3) is 4.64. The predicted molar refractivity (Wildman–Crippen MR) is 125 cm³/mol. The highest BCUT2D eigenvalue weighted by atomic mass is 35.5. The number of amides is 1. The number of hydrogen-bond acceptors (Lipinski definition) is 5. The van der Waals surface area contributed by atoms with Crippen LogP contribution in [0.5, 0.6) is 0 Å². The minimum Gasteiger partial charge on any atom is -0.354 e. The Morgan fingerprint density at radius 2 is 2.03 bits per heavy atom. The second kappa shape index (κ2) is 9.43. The number of aliphatic imine (C=N–C) groups is 1. The first-order chi connectivity index (χ1) is 15.7. The van der Waals surface area contributed by atoms with Gasteiger partial charge in [0.1, 0.15) is 34.3 Å². The summed E-state index contributed by atoms with van der Waals surface area (Å²) < 4.78 is 28.4. The molecular weight excluding hydrogens is 448 g/mol. The molecule has 6 nitrogen and oxygen atoms in total. The summed E-state index contributed by atoms with van der Waals surface area (Å²) in [5, 5.41) is 1.27. The number of likely N-dealkylation sites (tertiary alicyclic amines) is 1. The van der Waals surface area contributed by atoms with E-state index in [-0.39, 0.29) is 17.5 Å². The van der Waals surface area contributed by atoms with Crippen LogP contribution in [-0.4, -0.2) is 58.1 Å². The van der Waals surface area contributed by atoms with E-state index in [4.69, 9.17) is 11.6 Å². The van der Waals surface area contributed by atoms with Crippen molar-refractivity contribution in [2.24, 2.45) is 10.9 Å². The van der Waals surface area contributed by atoms with Gasteiger partial charge in [-0.05, 0) is 50.8 Å². The van der Waals surface area contributed by atoms with Gasteiger partial charge in [-0.1, -0.05) is 25.4 Å². The summed E-state index contributed by atoms with van der Waals surface area (Å²) in [6.45, 7) is 10.7. The molecule has 9 heteroatoms. The molecule has 1 aromatic carbocycles. The second-order valence-corrected chi connectivity index (χ2v) is 9.56. The van der Waals surface area contributed by atoms with Gasteiger partial charge in [0.25, 0.3) is 0 Å². The van der Waals surface area contributed by atoms with Gasteiger partial charge in [0.2, 0.25) is 5.91 Å². The summed E-state index contributed by atoms with van der Waals surface area (Å²) >= 11 is 5.68. The Balaban J connectivity index is 1.73. The molecule has 3 aliphatic rings. The molecule has 0 radical (unpaired) electrons. The number of allylic oxidation sites excluding steroid dienone is 1. The third-order valence-corrected chi connectivity index (χ3v) is 6.57. The molecule has 3 aliphatic heterocycles. The highest BCUT2D eigenvalue weighted by molar-refractivity contribution is 6.31. The maximum atomic E-state index is 14.2. The molecule has 0 aromatic heterocycles. The van der Waals surface area contributed by atoms with Crippen LogP contribution in [-0.2, 0) is 4.79 Å². The Labute approximate surface area is 198 Å². The quantitative estimate of drug-likeness (QED) is 0.621. The van der Waals surface area contributed by atoms with E-state index in [1.807, 2.05) is 9.91 Å². The highest BCUT2D eigenvalue weighted by Crippen LogP contribution is 2.31. The lowest BCUT2D eigenvalue weighted by molar-refractivity contribution is -0.131. The third-order valence-electron chi connectivity index (χ3n) is 6.21. The minimum absolute atomic E-state index is 0.00696. The zero-order valence-corrected chi connectivity index (χ0v) is 20.2. The number of hydrogen-bond donors (Lipinski definition) is 1. The van der Waals surface area contributed by atoms with Crippen molar-refractivity contribution in [3.05, 3.63) is 58.1 Å². The monoisotopic (exact) mass is 477 g/mol. The van der Waals surface area contributed by atoms with Crippen molar-refractivity contribution in [1.82, 2.24) is 20.2 Å². The molecule has 178 valence electrons. The van der Waals surface area contributed by atoms with E-state index in [1.54, 1.807) is 12.2 Å². The van der Waals surface area contributed by atoms with Crippen LogP contribution in [0.4, 0.5) is 8.78 Å². The fourth-order valence-electron chi connectivity index (χ4n) is 4.48. The Hall–Kier alpha value is -2.45. The largest absolute Gasteiger partial charge is 0.354 e. The van der Waals surface area contributed by atoms with Crippen LogP contribution in [0.3, 0.4) is 0 Å². The summed E-state index contributed by atoms with van der Waals surface area (Å²) in [4.78, 5) is 21.9. The SMILES string of the molecule is CCCN(C1=CC(c2cc(F)c(Cl)c(F)c2)=NC2=CC(C(=O)N3CCC(C)C3)NN21)C(C)C. The average Bonchev–Trinajstić information content (AvgIpc) is 3.40. The van der Waals surface area contributed by atoms with Gasteiger partial charge >= 0.3 is 0 Å². The topological polar surface area (TPSA) is 51.2 Å². The molecule has 1 amide bonds. The molecule has 3 heterocycles. The van der Waals surface area contributed by atoms with Gasteiger partial charge in [-0.3, -0.25) is 4.79 Å².